The van der Waals surface area contributed by atoms with Gasteiger partial charge in [0, 0.05) is 16.5 Å². The minimum atomic E-state index is -0.157. The Bertz CT molecular complexity index is 1210. The summed E-state index contributed by atoms with van der Waals surface area (Å²) in [6, 6.07) is 22.4. The number of hydrogen-bond donors (Lipinski definition) is 1. The van der Waals surface area contributed by atoms with Crippen molar-refractivity contribution in [2.75, 3.05) is 5.32 Å². The molecule has 0 spiro atoms. The molecule has 3 aromatic carbocycles. The molecule has 0 radical (unpaired) electrons. The average molecular weight is 400 g/mol. The molecule has 0 fully saturated rings. The summed E-state index contributed by atoms with van der Waals surface area (Å²) in [5.41, 5.74) is 3.20. The van der Waals surface area contributed by atoms with Crippen LogP contribution in [0.2, 0.25) is 0 Å². The number of ether oxygens (including phenoxy) is 1. The van der Waals surface area contributed by atoms with Gasteiger partial charge in [0.1, 0.15) is 6.54 Å². The second kappa shape index (κ2) is 8.51. The fraction of sp³-hybridized carbons (Fsp3) is 0.200. The number of amides is 1. The lowest BCUT2D eigenvalue weighted by molar-refractivity contribution is -0.116. The highest BCUT2D eigenvalue weighted by Crippen LogP contribution is 2.19. The van der Waals surface area contributed by atoms with E-state index in [0.29, 0.717) is 17.4 Å². The predicted molar refractivity (Wildman–Crippen MR) is 121 cm³/mol. The summed E-state index contributed by atoms with van der Waals surface area (Å²) in [5, 5.41) is 4.19. The zero-order chi connectivity index (χ0) is 21.1. The maximum absolute atomic E-state index is 12.9. The molecule has 4 rings (SSSR count). The number of pyridine rings is 1. The monoisotopic (exact) mass is 400 g/mol. The van der Waals surface area contributed by atoms with Crippen molar-refractivity contribution in [2.24, 2.45) is 0 Å². The van der Waals surface area contributed by atoms with E-state index in [1.54, 1.807) is 12.1 Å². The summed E-state index contributed by atoms with van der Waals surface area (Å²) in [5.74, 6) is -0.157. The molecular weight excluding hydrogens is 376 g/mol. The van der Waals surface area contributed by atoms with Gasteiger partial charge in [-0.3, -0.25) is 9.59 Å². The fourth-order valence-corrected chi connectivity index (χ4v) is 3.59. The van der Waals surface area contributed by atoms with Crippen molar-refractivity contribution in [3.8, 4) is 0 Å². The zero-order valence-corrected chi connectivity index (χ0v) is 17.1. The van der Waals surface area contributed by atoms with Crippen LogP contribution in [0.5, 0.6) is 0 Å². The Morgan fingerprint density at radius 3 is 2.20 bits per heavy atom. The molecule has 0 atom stereocenters. The van der Waals surface area contributed by atoms with E-state index in [2.05, 4.69) is 5.32 Å². The number of benzene rings is 3. The number of nitrogens with one attached hydrogen (secondary N) is 1. The van der Waals surface area contributed by atoms with Gasteiger partial charge < -0.3 is 14.6 Å². The molecule has 1 aromatic heterocycles. The Morgan fingerprint density at radius 1 is 0.933 bits per heavy atom. The van der Waals surface area contributed by atoms with Crippen molar-refractivity contribution in [3.63, 3.8) is 0 Å². The fourth-order valence-electron chi connectivity index (χ4n) is 3.59. The summed E-state index contributed by atoms with van der Waals surface area (Å²) in [6.07, 6.45) is 0.144. The first kappa shape index (κ1) is 19.9. The Labute approximate surface area is 174 Å². The number of anilines is 1. The first-order chi connectivity index (χ1) is 14.5. The minimum Gasteiger partial charge on any atom is -0.374 e. The van der Waals surface area contributed by atoms with Gasteiger partial charge in [-0.15, -0.1) is 0 Å². The number of para-hydroxylation sites is 2. The Balaban J connectivity index is 1.64. The van der Waals surface area contributed by atoms with Crippen molar-refractivity contribution in [1.29, 1.82) is 0 Å². The number of carbonyl (C=O) groups is 1. The van der Waals surface area contributed by atoms with Gasteiger partial charge >= 0.3 is 0 Å². The van der Waals surface area contributed by atoms with Crippen molar-refractivity contribution < 1.29 is 9.53 Å². The van der Waals surface area contributed by atoms with Gasteiger partial charge in [-0.05, 0) is 55.8 Å². The van der Waals surface area contributed by atoms with Crippen LogP contribution in [0.25, 0.3) is 21.8 Å². The van der Waals surface area contributed by atoms with Crippen LogP contribution in [0.4, 0.5) is 5.69 Å². The molecule has 5 heteroatoms. The lowest BCUT2D eigenvalue weighted by atomic mass is 10.1. The summed E-state index contributed by atoms with van der Waals surface area (Å²) >= 11 is 0. The third-order valence-corrected chi connectivity index (χ3v) is 4.97. The quantitative estimate of drug-likeness (QED) is 0.477. The minimum absolute atomic E-state index is 0.0179. The summed E-state index contributed by atoms with van der Waals surface area (Å²) in [4.78, 5) is 25.7. The van der Waals surface area contributed by atoms with Gasteiger partial charge in [0.05, 0.1) is 23.7 Å². The molecular formula is C25H24N2O3. The van der Waals surface area contributed by atoms with E-state index in [1.165, 1.54) is 0 Å². The number of hydrogen-bond acceptors (Lipinski definition) is 3. The van der Waals surface area contributed by atoms with E-state index >= 15 is 0 Å². The second-order valence-corrected chi connectivity index (χ2v) is 7.56. The molecule has 0 aliphatic heterocycles. The molecule has 1 amide bonds. The summed E-state index contributed by atoms with van der Waals surface area (Å²) in [6.45, 7) is 4.58. The number of rotatable bonds is 6. The first-order valence-electron chi connectivity index (χ1n) is 10.0. The van der Waals surface area contributed by atoms with E-state index in [4.69, 9.17) is 4.74 Å². The molecule has 0 bridgehead atoms. The third kappa shape index (κ3) is 4.11. The van der Waals surface area contributed by atoms with Crippen LogP contribution in [0.1, 0.15) is 19.4 Å². The lowest BCUT2D eigenvalue weighted by Crippen LogP contribution is -2.21. The first-order valence-corrected chi connectivity index (χ1v) is 10.0. The van der Waals surface area contributed by atoms with Gasteiger partial charge in [0.25, 0.3) is 0 Å². The predicted octanol–water partition coefficient (Wildman–Crippen LogP) is 4.72. The largest absolute Gasteiger partial charge is 0.374 e. The number of carbonyl (C=O) groups excluding carboxylic acids is 1. The highest BCUT2D eigenvalue weighted by Gasteiger charge is 2.13. The zero-order valence-electron chi connectivity index (χ0n) is 17.1. The average Bonchev–Trinajstić information content (AvgIpc) is 2.75. The molecule has 4 aromatic rings. The van der Waals surface area contributed by atoms with Crippen LogP contribution >= 0.6 is 0 Å². The van der Waals surface area contributed by atoms with E-state index in [9.17, 15) is 9.59 Å². The van der Waals surface area contributed by atoms with E-state index in [-0.39, 0.29) is 24.0 Å². The molecule has 0 aliphatic carbocycles. The number of fused-ring (bicyclic) bond motifs is 2. The molecule has 1 N–H and O–H groups in total. The third-order valence-electron chi connectivity index (χ3n) is 4.97. The van der Waals surface area contributed by atoms with Crippen LogP contribution in [-0.4, -0.2) is 16.6 Å². The molecule has 0 saturated heterocycles. The van der Waals surface area contributed by atoms with Gasteiger partial charge in [-0.1, -0.05) is 36.4 Å². The van der Waals surface area contributed by atoms with Crippen molar-refractivity contribution >= 4 is 33.4 Å². The topological polar surface area (TPSA) is 60.3 Å². The summed E-state index contributed by atoms with van der Waals surface area (Å²) in [7, 11) is 0. The van der Waals surface area contributed by atoms with Crippen molar-refractivity contribution in [2.45, 2.75) is 33.1 Å². The smallest absolute Gasteiger partial charge is 0.244 e. The van der Waals surface area contributed by atoms with Crippen LogP contribution in [0, 0.1) is 0 Å². The van der Waals surface area contributed by atoms with Gasteiger partial charge in [0.2, 0.25) is 5.91 Å². The SMILES string of the molecule is CC(C)OCc1cccc(NC(=O)Cn2c3ccccc3c(=O)c3ccccc32)c1. The molecule has 152 valence electrons. The lowest BCUT2D eigenvalue weighted by Gasteiger charge is -2.15. The molecule has 0 unspecified atom stereocenters. The van der Waals surface area contributed by atoms with Gasteiger partial charge in [-0.25, -0.2) is 0 Å². The van der Waals surface area contributed by atoms with Crippen molar-refractivity contribution in [1.82, 2.24) is 4.57 Å². The molecule has 5 nitrogen and oxygen atoms in total. The summed E-state index contributed by atoms with van der Waals surface area (Å²) < 4.78 is 7.54. The van der Waals surface area contributed by atoms with E-state index in [1.807, 2.05) is 79.1 Å². The Hall–Kier alpha value is -3.44. The molecule has 0 aliphatic rings. The van der Waals surface area contributed by atoms with Crippen LogP contribution in [0.15, 0.2) is 77.6 Å². The van der Waals surface area contributed by atoms with Gasteiger partial charge in [0.15, 0.2) is 5.43 Å². The van der Waals surface area contributed by atoms with Gasteiger partial charge in [-0.2, -0.15) is 0 Å². The second-order valence-electron chi connectivity index (χ2n) is 7.56. The maximum Gasteiger partial charge on any atom is 0.244 e. The van der Waals surface area contributed by atoms with Crippen LogP contribution in [0.3, 0.4) is 0 Å². The normalized spacial score (nSPS) is 11.3. The molecule has 30 heavy (non-hydrogen) atoms. The Kier molecular flexibility index (Phi) is 5.63. The van der Waals surface area contributed by atoms with E-state index in [0.717, 1.165) is 22.3 Å². The van der Waals surface area contributed by atoms with Crippen molar-refractivity contribution in [3.05, 3.63) is 88.6 Å². The maximum atomic E-state index is 12.9. The number of aromatic nitrogens is 1. The molecule has 0 saturated carbocycles. The Morgan fingerprint density at radius 2 is 1.57 bits per heavy atom. The highest BCUT2D eigenvalue weighted by molar-refractivity contribution is 5.97. The van der Waals surface area contributed by atoms with E-state index < -0.39 is 0 Å². The van der Waals surface area contributed by atoms with Crippen LogP contribution in [-0.2, 0) is 22.7 Å². The van der Waals surface area contributed by atoms with Crippen LogP contribution < -0.4 is 10.7 Å². The molecule has 1 heterocycles. The highest BCUT2D eigenvalue weighted by atomic mass is 16.5. The number of nitrogens with zero attached hydrogens (tertiary/aromatic N) is 1. The standard InChI is InChI=1S/C25H24N2O3/c1-17(2)30-16-18-8-7-9-19(14-18)26-24(28)15-27-22-12-5-3-10-20(22)25(29)21-11-4-6-13-23(21)27/h3-14,17H,15-16H2,1-2H3,(H,26,28).